The first-order valence-corrected chi connectivity index (χ1v) is 8.73. The third kappa shape index (κ3) is 3.04. The number of fused-ring (bicyclic) bond motifs is 1. The lowest BCUT2D eigenvalue weighted by Gasteiger charge is -2.33. The molecule has 1 aliphatic rings. The molecule has 1 fully saturated rings. The zero-order valence-corrected chi connectivity index (χ0v) is 14.9. The minimum absolute atomic E-state index is 0.253. The predicted molar refractivity (Wildman–Crippen MR) is 98.1 cm³/mol. The van der Waals surface area contributed by atoms with Crippen molar-refractivity contribution in [2.75, 3.05) is 18.0 Å². The molecule has 6 heteroatoms. The fraction of sp³-hybridized carbons (Fsp3) is 0.421. The van der Waals surface area contributed by atoms with Crippen molar-refractivity contribution < 1.29 is 4.74 Å². The van der Waals surface area contributed by atoms with Crippen molar-refractivity contribution in [2.24, 2.45) is 7.05 Å². The second-order valence-corrected chi connectivity index (χ2v) is 6.78. The Bertz CT molecular complexity index is 896. The summed E-state index contributed by atoms with van der Waals surface area (Å²) < 4.78 is 8.06. The van der Waals surface area contributed by atoms with Crippen LogP contribution in [0.5, 0.6) is 5.75 Å². The van der Waals surface area contributed by atoms with E-state index in [2.05, 4.69) is 52.0 Å². The summed E-state index contributed by atoms with van der Waals surface area (Å²) >= 11 is 0. The normalized spacial score (nSPS) is 15.7. The fourth-order valence-corrected chi connectivity index (χ4v) is 3.40. The Morgan fingerprint density at radius 2 is 1.92 bits per heavy atom. The number of nitrogens with zero attached hydrogens (tertiary/aromatic N) is 5. The van der Waals surface area contributed by atoms with E-state index in [4.69, 9.17) is 4.74 Å². The van der Waals surface area contributed by atoms with Crippen molar-refractivity contribution in [1.29, 1.82) is 0 Å². The van der Waals surface area contributed by atoms with E-state index in [0.717, 1.165) is 48.5 Å². The standard InChI is InChI=1S/C19H23N5O/c1-13-4-5-14(2)17(10-13)25-15-6-8-24(9-7-15)19-16-11-22-23(3)18(16)20-12-21-19/h4-5,10-12,15H,6-9H2,1-3H3. The molecule has 0 spiro atoms. The number of anilines is 1. The van der Waals surface area contributed by atoms with Gasteiger partial charge in [-0.05, 0) is 31.0 Å². The van der Waals surface area contributed by atoms with Crippen LogP contribution in [0.4, 0.5) is 5.82 Å². The number of hydrogen-bond donors (Lipinski definition) is 0. The molecule has 0 unspecified atom stereocenters. The van der Waals surface area contributed by atoms with Crippen LogP contribution in [-0.4, -0.2) is 38.9 Å². The minimum Gasteiger partial charge on any atom is -0.490 e. The van der Waals surface area contributed by atoms with Crippen molar-refractivity contribution >= 4 is 16.9 Å². The summed E-state index contributed by atoms with van der Waals surface area (Å²) in [6, 6.07) is 6.38. The van der Waals surface area contributed by atoms with E-state index in [9.17, 15) is 0 Å². The molecule has 0 N–H and O–H groups in total. The average molecular weight is 337 g/mol. The largest absolute Gasteiger partial charge is 0.490 e. The van der Waals surface area contributed by atoms with Gasteiger partial charge in [-0.2, -0.15) is 5.10 Å². The van der Waals surface area contributed by atoms with Crippen molar-refractivity contribution in [1.82, 2.24) is 19.7 Å². The number of piperidine rings is 1. The van der Waals surface area contributed by atoms with Crippen molar-refractivity contribution in [3.05, 3.63) is 41.9 Å². The second-order valence-electron chi connectivity index (χ2n) is 6.78. The molecule has 0 amide bonds. The predicted octanol–water partition coefficient (Wildman–Crippen LogP) is 3.03. The molecule has 0 saturated carbocycles. The summed E-state index contributed by atoms with van der Waals surface area (Å²) in [7, 11) is 1.91. The van der Waals surface area contributed by atoms with Crippen LogP contribution in [0, 0.1) is 13.8 Å². The van der Waals surface area contributed by atoms with Gasteiger partial charge >= 0.3 is 0 Å². The molecule has 2 aromatic heterocycles. The summed E-state index contributed by atoms with van der Waals surface area (Å²) in [5, 5.41) is 5.32. The lowest BCUT2D eigenvalue weighted by atomic mass is 10.1. The summed E-state index contributed by atoms with van der Waals surface area (Å²) in [6.07, 6.45) is 5.70. The van der Waals surface area contributed by atoms with Crippen LogP contribution in [-0.2, 0) is 7.05 Å². The van der Waals surface area contributed by atoms with Gasteiger partial charge in [0, 0.05) is 33.0 Å². The summed E-state index contributed by atoms with van der Waals surface area (Å²) in [5.74, 6) is 1.98. The van der Waals surface area contributed by atoms with Gasteiger partial charge in [0.2, 0.25) is 0 Å². The highest BCUT2D eigenvalue weighted by Crippen LogP contribution is 2.28. The van der Waals surface area contributed by atoms with Crippen molar-refractivity contribution in [2.45, 2.75) is 32.8 Å². The maximum Gasteiger partial charge on any atom is 0.163 e. The molecular weight excluding hydrogens is 314 g/mol. The molecule has 6 nitrogen and oxygen atoms in total. The first-order valence-electron chi connectivity index (χ1n) is 8.73. The van der Waals surface area contributed by atoms with Gasteiger partial charge in [-0.1, -0.05) is 12.1 Å². The summed E-state index contributed by atoms with van der Waals surface area (Å²) in [5.41, 5.74) is 3.30. The van der Waals surface area contributed by atoms with Gasteiger partial charge in [0.15, 0.2) is 5.65 Å². The minimum atomic E-state index is 0.253. The number of ether oxygens (including phenoxy) is 1. The summed E-state index contributed by atoms with van der Waals surface area (Å²) in [6.45, 7) is 6.06. The van der Waals surface area contributed by atoms with E-state index >= 15 is 0 Å². The van der Waals surface area contributed by atoms with E-state index in [1.165, 1.54) is 11.1 Å². The van der Waals surface area contributed by atoms with Crippen LogP contribution in [0.3, 0.4) is 0 Å². The highest BCUT2D eigenvalue weighted by atomic mass is 16.5. The Kier molecular flexibility index (Phi) is 4.03. The van der Waals surface area contributed by atoms with Crippen LogP contribution >= 0.6 is 0 Å². The van der Waals surface area contributed by atoms with Gasteiger partial charge in [0.25, 0.3) is 0 Å². The Morgan fingerprint density at radius 3 is 2.72 bits per heavy atom. The Morgan fingerprint density at radius 1 is 1.12 bits per heavy atom. The van der Waals surface area contributed by atoms with E-state index in [1.54, 1.807) is 11.0 Å². The zero-order chi connectivity index (χ0) is 17.4. The van der Waals surface area contributed by atoms with Crippen LogP contribution in [0.25, 0.3) is 11.0 Å². The Labute approximate surface area is 147 Å². The summed E-state index contributed by atoms with van der Waals surface area (Å²) in [4.78, 5) is 11.1. The van der Waals surface area contributed by atoms with E-state index in [-0.39, 0.29) is 6.10 Å². The van der Waals surface area contributed by atoms with Crippen LogP contribution in [0.1, 0.15) is 24.0 Å². The second kappa shape index (κ2) is 6.35. The first kappa shape index (κ1) is 15.9. The molecule has 1 aromatic carbocycles. The average Bonchev–Trinajstić information content (AvgIpc) is 3.00. The molecule has 0 radical (unpaired) electrons. The molecule has 1 aliphatic heterocycles. The molecule has 3 heterocycles. The van der Waals surface area contributed by atoms with E-state index in [1.807, 2.05) is 13.2 Å². The zero-order valence-electron chi connectivity index (χ0n) is 14.9. The topological polar surface area (TPSA) is 56.1 Å². The first-order chi connectivity index (χ1) is 12.1. The molecule has 4 rings (SSSR count). The number of aryl methyl sites for hydroxylation is 3. The van der Waals surface area contributed by atoms with Crippen LogP contribution < -0.4 is 9.64 Å². The molecule has 0 bridgehead atoms. The molecule has 1 saturated heterocycles. The van der Waals surface area contributed by atoms with Crippen molar-refractivity contribution in [3.8, 4) is 5.75 Å². The lowest BCUT2D eigenvalue weighted by Crippen LogP contribution is -2.38. The maximum atomic E-state index is 6.27. The smallest absolute Gasteiger partial charge is 0.163 e. The third-order valence-corrected chi connectivity index (χ3v) is 4.89. The fourth-order valence-electron chi connectivity index (χ4n) is 3.40. The molecule has 0 atom stereocenters. The quantitative estimate of drug-likeness (QED) is 0.735. The van der Waals surface area contributed by atoms with Gasteiger partial charge in [-0.3, -0.25) is 4.68 Å². The third-order valence-electron chi connectivity index (χ3n) is 4.89. The highest BCUT2D eigenvalue weighted by molar-refractivity contribution is 5.86. The number of rotatable bonds is 3. The van der Waals surface area contributed by atoms with Crippen LogP contribution in [0.15, 0.2) is 30.7 Å². The molecule has 25 heavy (non-hydrogen) atoms. The van der Waals surface area contributed by atoms with E-state index < -0.39 is 0 Å². The number of benzene rings is 1. The highest BCUT2D eigenvalue weighted by Gasteiger charge is 2.24. The SMILES string of the molecule is Cc1ccc(C)c(OC2CCN(c3ncnc4c3cnn4C)CC2)c1. The van der Waals surface area contributed by atoms with E-state index in [0.29, 0.717) is 0 Å². The van der Waals surface area contributed by atoms with Gasteiger partial charge in [-0.25, -0.2) is 9.97 Å². The molecule has 130 valence electrons. The van der Waals surface area contributed by atoms with Gasteiger partial charge in [0.05, 0.1) is 11.6 Å². The van der Waals surface area contributed by atoms with Gasteiger partial charge in [0.1, 0.15) is 24.0 Å². The van der Waals surface area contributed by atoms with Gasteiger partial charge < -0.3 is 9.64 Å². The van der Waals surface area contributed by atoms with Gasteiger partial charge in [-0.15, -0.1) is 0 Å². The van der Waals surface area contributed by atoms with Crippen molar-refractivity contribution in [3.63, 3.8) is 0 Å². The maximum absolute atomic E-state index is 6.27. The molecule has 3 aromatic rings. The number of aromatic nitrogens is 4. The lowest BCUT2D eigenvalue weighted by molar-refractivity contribution is 0.169. The Balaban J connectivity index is 1.47. The molecular formula is C19H23N5O. The number of hydrogen-bond acceptors (Lipinski definition) is 5. The molecule has 0 aliphatic carbocycles. The van der Waals surface area contributed by atoms with Crippen LogP contribution in [0.2, 0.25) is 0 Å². The Hall–Kier alpha value is -2.63. The monoisotopic (exact) mass is 337 g/mol.